The molecule has 5 heteroatoms. The van der Waals surface area contributed by atoms with Crippen molar-refractivity contribution < 1.29 is 14.7 Å². The van der Waals surface area contributed by atoms with Crippen LogP contribution >= 0.6 is 0 Å². The fourth-order valence-electron chi connectivity index (χ4n) is 3.71. The largest absolute Gasteiger partial charge is 0.480 e. The lowest BCUT2D eigenvalue weighted by Crippen LogP contribution is -2.61. The number of rotatable bonds is 3. The van der Waals surface area contributed by atoms with Gasteiger partial charge in [-0.15, -0.1) is 0 Å². The van der Waals surface area contributed by atoms with Crippen molar-refractivity contribution in [1.82, 2.24) is 10.2 Å². The molecule has 2 rings (SSSR count). The molecule has 1 heterocycles. The quantitative estimate of drug-likeness (QED) is 0.841. The van der Waals surface area contributed by atoms with E-state index in [1.807, 2.05) is 0 Å². The Kier molecular flexibility index (Phi) is 5.12. The van der Waals surface area contributed by atoms with Crippen LogP contribution in [0.5, 0.6) is 0 Å². The number of amides is 2. The predicted octanol–water partition coefficient (Wildman–Crippen LogP) is 2.99. The SMILES string of the molecule is CCC1CCCC(NC(=O)N2CCCCC2(C)C(=O)O)C1. The van der Waals surface area contributed by atoms with E-state index < -0.39 is 11.5 Å². The molecule has 1 saturated carbocycles. The van der Waals surface area contributed by atoms with Gasteiger partial charge in [-0.3, -0.25) is 0 Å². The van der Waals surface area contributed by atoms with E-state index in [1.54, 1.807) is 6.92 Å². The third-order valence-electron chi connectivity index (χ3n) is 5.28. The van der Waals surface area contributed by atoms with E-state index in [2.05, 4.69) is 12.2 Å². The van der Waals surface area contributed by atoms with Crippen LogP contribution in [0, 0.1) is 5.92 Å². The lowest BCUT2D eigenvalue weighted by atomic mass is 9.84. The highest BCUT2D eigenvalue weighted by Crippen LogP contribution is 2.30. The zero-order chi connectivity index (χ0) is 15.5. The van der Waals surface area contributed by atoms with Crippen LogP contribution in [0.2, 0.25) is 0 Å². The van der Waals surface area contributed by atoms with Gasteiger partial charge in [0.05, 0.1) is 0 Å². The van der Waals surface area contributed by atoms with Crippen molar-refractivity contribution in [2.75, 3.05) is 6.54 Å². The van der Waals surface area contributed by atoms with E-state index in [0.717, 1.165) is 38.5 Å². The highest BCUT2D eigenvalue weighted by molar-refractivity contribution is 5.86. The van der Waals surface area contributed by atoms with Crippen LogP contribution in [0.3, 0.4) is 0 Å². The Labute approximate surface area is 127 Å². The molecule has 1 aliphatic heterocycles. The zero-order valence-corrected chi connectivity index (χ0v) is 13.2. The van der Waals surface area contributed by atoms with Crippen molar-refractivity contribution in [3.05, 3.63) is 0 Å². The topological polar surface area (TPSA) is 69.6 Å². The molecule has 3 atom stereocenters. The molecule has 0 bridgehead atoms. The van der Waals surface area contributed by atoms with Crippen LogP contribution in [0.1, 0.15) is 65.2 Å². The number of urea groups is 1. The lowest BCUT2D eigenvalue weighted by molar-refractivity contribution is -0.150. The Balaban J connectivity index is 1.99. The maximum Gasteiger partial charge on any atom is 0.329 e. The summed E-state index contributed by atoms with van der Waals surface area (Å²) >= 11 is 0. The van der Waals surface area contributed by atoms with Gasteiger partial charge in [-0.25, -0.2) is 9.59 Å². The number of aliphatic carboxylic acids is 1. The van der Waals surface area contributed by atoms with Gasteiger partial charge in [-0.1, -0.05) is 26.2 Å². The number of carbonyl (C=O) groups excluding carboxylic acids is 1. The summed E-state index contributed by atoms with van der Waals surface area (Å²) in [5.41, 5.74) is -1.05. The van der Waals surface area contributed by atoms with Gasteiger partial charge in [0, 0.05) is 12.6 Å². The summed E-state index contributed by atoms with van der Waals surface area (Å²) in [6, 6.07) is 0.0116. The molecular weight excluding hydrogens is 268 g/mol. The molecule has 2 N–H and O–H groups in total. The van der Waals surface area contributed by atoms with Crippen LogP contribution in [-0.2, 0) is 4.79 Å². The van der Waals surface area contributed by atoms with E-state index in [-0.39, 0.29) is 12.1 Å². The van der Waals surface area contributed by atoms with Gasteiger partial charge < -0.3 is 15.3 Å². The number of nitrogens with one attached hydrogen (secondary N) is 1. The average molecular weight is 296 g/mol. The molecule has 0 aromatic carbocycles. The van der Waals surface area contributed by atoms with Gasteiger partial charge in [0.2, 0.25) is 0 Å². The monoisotopic (exact) mass is 296 g/mol. The molecule has 0 spiro atoms. The van der Waals surface area contributed by atoms with Crippen LogP contribution in [0.15, 0.2) is 0 Å². The predicted molar refractivity (Wildman–Crippen MR) is 81.2 cm³/mol. The Morgan fingerprint density at radius 2 is 2.05 bits per heavy atom. The molecule has 2 amide bonds. The van der Waals surface area contributed by atoms with Crippen molar-refractivity contribution in [2.45, 2.75) is 76.8 Å². The molecule has 1 saturated heterocycles. The molecule has 2 aliphatic rings. The van der Waals surface area contributed by atoms with Gasteiger partial charge >= 0.3 is 12.0 Å². The number of piperidine rings is 1. The first-order valence-electron chi connectivity index (χ1n) is 8.29. The van der Waals surface area contributed by atoms with Crippen molar-refractivity contribution in [2.24, 2.45) is 5.92 Å². The number of hydrogen-bond acceptors (Lipinski definition) is 2. The van der Waals surface area contributed by atoms with Crippen LogP contribution in [-0.4, -0.2) is 40.1 Å². The first-order chi connectivity index (χ1) is 9.97. The van der Waals surface area contributed by atoms with Gasteiger partial charge in [0.15, 0.2) is 0 Å². The molecule has 0 aromatic rings. The molecule has 120 valence electrons. The number of carbonyl (C=O) groups is 2. The third kappa shape index (κ3) is 3.50. The maximum absolute atomic E-state index is 12.5. The number of carboxylic acid groups (broad SMARTS) is 1. The summed E-state index contributed by atoms with van der Waals surface area (Å²) in [4.78, 5) is 25.6. The second-order valence-corrected chi connectivity index (χ2v) is 6.78. The molecule has 2 fully saturated rings. The minimum Gasteiger partial charge on any atom is -0.480 e. The van der Waals surface area contributed by atoms with Crippen molar-refractivity contribution in [3.8, 4) is 0 Å². The second-order valence-electron chi connectivity index (χ2n) is 6.78. The van der Waals surface area contributed by atoms with Crippen molar-refractivity contribution in [1.29, 1.82) is 0 Å². The number of nitrogens with zero attached hydrogens (tertiary/aromatic N) is 1. The molecule has 5 nitrogen and oxygen atoms in total. The van der Waals surface area contributed by atoms with Gasteiger partial charge in [0.25, 0.3) is 0 Å². The number of hydrogen-bond donors (Lipinski definition) is 2. The Morgan fingerprint density at radius 3 is 2.71 bits per heavy atom. The minimum absolute atomic E-state index is 0.193. The lowest BCUT2D eigenvalue weighted by Gasteiger charge is -2.42. The molecule has 0 radical (unpaired) electrons. The van der Waals surface area contributed by atoms with Gasteiger partial charge in [-0.05, 0) is 44.9 Å². The summed E-state index contributed by atoms with van der Waals surface area (Å²) < 4.78 is 0. The highest BCUT2D eigenvalue weighted by Gasteiger charge is 2.44. The van der Waals surface area contributed by atoms with E-state index in [0.29, 0.717) is 18.9 Å². The molecule has 0 aromatic heterocycles. The second kappa shape index (κ2) is 6.67. The maximum atomic E-state index is 12.5. The van der Waals surface area contributed by atoms with Crippen molar-refractivity contribution >= 4 is 12.0 Å². The normalized spacial score (nSPS) is 33.5. The number of carboxylic acids is 1. The Bertz CT molecular complexity index is 399. The fourth-order valence-corrected chi connectivity index (χ4v) is 3.71. The third-order valence-corrected chi connectivity index (χ3v) is 5.28. The molecular formula is C16H28N2O3. The van der Waals surface area contributed by atoms with E-state index in [1.165, 1.54) is 11.3 Å². The Morgan fingerprint density at radius 1 is 1.29 bits per heavy atom. The highest BCUT2D eigenvalue weighted by atomic mass is 16.4. The van der Waals surface area contributed by atoms with Crippen molar-refractivity contribution in [3.63, 3.8) is 0 Å². The molecule has 1 aliphatic carbocycles. The van der Waals surface area contributed by atoms with E-state index >= 15 is 0 Å². The summed E-state index contributed by atoms with van der Waals surface area (Å²) in [6.07, 6.45) is 7.90. The Hall–Kier alpha value is -1.26. The number of likely N-dealkylation sites (tertiary alicyclic amines) is 1. The summed E-state index contributed by atoms with van der Waals surface area (Å²) in [7, 11) is 0. The van der Waals surface area contributed by atoms with Gasteiger partial charge in [0.1, 0.15) is 5.54 Å². The van der Waals surface area contributed by atoms with Gasteiger partial charge in [-0.2, -0.15) is 0 Å². The fraction of sp³-hybridized carbons (Fsp3) is 0.875. The molecule has 3 unspecified atom stereocenters. The zero-order valence-electron chi connectivity index (χ0n) is 13.2. The van der Waals surface area contributed by atoms with E-state index in [9.17, 15) is 14.7 Å². The smallest absolute Gasteiger partial charge is 0.329 e. The molecule has 21 heavy (non-hydrogen) atoms. The van der Waals surface area contributed by atoms with Crippen LogP contribution in [0.4, 0.5) is 4.79 Å². The standard InChI is InChI=1S/C16H28N2O3/c1-3-12-7-6-8-13(11-12)17-15(21)18-10-5-4-9-16(18,2)14(19)20/h12-13H,3-11H2,1-2H3,(H,17,21)(H,19,20). The average Bonchev–Trinajstić information content (AvgIpc) is 2.47. The van der Waals surface area contributed by atoms with Crippen LogP contribution in [0.25, 0.3) is 0 Å². The first kappa shape index (κ1) is 16.1. The summed E-state index contributed by atoms with van der Waals surface area (Å²) in [5.74, 6) is -0.205. The summed E-state index contributed by atoms with van der Waals surface area (Å²) in [6.45, 7) is 4.41. The minimum atomic E-state index is -1.05. The van der Waals surface area contributed by atoms with Crippen LogP contribution < -0.4 is 5.32 Å². The summed E-state index contributed by atoms with van der Waals surface area (Å²) in [5, 5.41) is 12.6. The van der Waals surface area contributed by atoms with E-state index in [4.69, 9.17) is 0 Å². The first-order valence-corrected chi connectivity index (χ1v) is 8.29.